The molecule has 1 aromatic carbocycles. The maximum Gasteiger partial charge on any atom is 0.194 e. The minimum Gasteiger partial charge on any atom is -0.386 e. The molecule has 0 saturated carbocycles. The van der Waals surface area contributed by atoms with Gasteiger partial charge in [0.05, 0.1) is 29.9 Å². The highest BCUT2D eigenvalue weighted by atomic mass is 32.1. The molecule has 2 aromatic rings. The number of aromatic nitrogens is 1. The Kier molecular flexibility index (Phi) is 6.69. The number of aliphatic hydroxyl groups is 1. The van der Waals surface area contributed by atoms with Gasteiger partial charge in [-0.3, -0.25) is 4.99 Å². The largest absolute Gasteiger partial charge is 0.386 e. The average molecular weight is 350 g/mol. The third-order valence-electron chi connectivity index (χ3n) is 3.43. The summed E-state index contributed by atoms with van der Waals surface area (Å²) in [6.45, 7) is 5.54. The van der Waals surface area contributed by atoms with Gasteiger partial charge in [0, 0.05) is 19.0 Å². The van der Waals surface area contributed by atoms with Crippen molar-refractivity contribution in [3.8, 4) is 0 Å². The van der Waals surface area contributed by atoms with Crippen LogP contribution in [-0.4, -0.2) is 41.1 Å². The topological polar surface area (TPSA) is 60.8 Å². The molecule has 1 heterocycles. The molecule has 0 spiro atoms. The van der Waals surface area contributed by atoms with Gasteiger partial charge in [-0.15, -0.1) is 11.3 Å². The highest BCUT2D eigenvalue weighted by molar-refractivity contribution is 7.09. The number of hydrogen-bond acceptors (Lipinski definition) is 4. The van der Waals surface area contributed by atoms with Crippen LogP contribution in [0.2, 0.25) is 0 Å². The second-order valence-corrected chi connectivity index (χ2v) is 6.54. The number of thiazole rings is 1. The molecule has 0 fully saturated rings. The molecule has 0 saturated heterocycles. The van der Waals surface area contributed by atoms with Gasteiger partial charge in [0.15, 0.2) is 5.96 Å². The number of aryl methyl sites for hydroxylation is 1. The average Bonchev–Trinajstić information content (AvgIpc) is 2.96. The second kappa shape index (κ2) is 8.75. The SMILES string of the molecule is CCNC(=NCC(O)c1ccc(F)cc1)N(C)Cc1csc(C)n1. The summed E-state index contributed by atoms with van der Waals surface area (Å²) in [4.78, 5) is 10.9. The number of guanidine groups is 1. The molecular weight excluding hydrogens is 327 g/mol. The normalized spacial score (nSPS) is 13.0. The molecule has 2 N–H and O–H groups in total. The summed E-state index contributed by atoms with van der Waals surface area (Å²) in [5.41, 5.74) is 1.64. The number of benzene rings is 1. The number of aliphatic hydroxyl groups excluding tert-OH is 1. The molecule has 24 heavy (non-hydrogen) atoms. The van der Waals surface area contributed by atoms with Crippen molar-refractivity contribution >= 4 is 17.3 Å². The zero-order valence-corrected chi connectivity index (χ0v) is 15.0. The molecule has 1 aromatic heterocycles. The first kappa shape index (κ1) is 18.4. The van der Waals surface area contributed by atoms with E-state index in [1.54, 1.807) is 23.5 Å². The van der Waals surface area contributed by atoms with Gasteiger partial charge in [-0.2, -0.15) is 0 Å². The number of hydrogen-bond donors (Lipinski definition) is 2. The lowest BCUT2D eigenvalue weighted by Gasteiger charge is -2.21. The van der Waals surface area contributed by atoms with Crippen molar-refractivity contribution in [1.29, 1.82) is 0 Å². The van der Waals surface area contributed by atoms with E-state index in [1.165, 1.54) is 12.1 Å². The Morgan fingerprint density at radius 2 is 2.12 bits per heavy atom. The van der Waals surface area contributed by atoms with Crippen LogP contribution in [0.4, 0.5) is 4.39 Å². The van der Waals surface area contributed by atoms with Gasteiger partial charge in [-0.05, 0) is 31.5 Å². The van der Waals surface area contributed by atoms with Crippen molar-refractivity contribution in [2.75, 3.05) is 20.1 Å². The summed E-state index contributed by atoms with van der Waals surface area (Å²) in [7, 11) is 1.93. The van der Waals surface area contributed by atoms with Crippen molar-refractivity contribution in [3.05, 3.63) is 51.7 Å². The zero-order valence-electron chi connectivity index (χ0n) is 14.2. The van der Waals surface area contributed by atoms with E-state index in [1.807, 2.05) is 31.2 Å². The lowest BCUT2D eigenvalue weighted by Crippen LogP contribution is -2.38. The van der Waals surface area contributed by atoms with Crippen LogP contribution in [-0.2, 0) is 6.54 Å². The van der Waals surface area contributed by atoms with E-state index in [4.69, 9.17) is 0 Å². The van der Waals surface area contributed by atoms with Gasteiger partial charge < -0.3 is 15.3 Å². The molecule has 0 aliphatic rings. The Bertz CT molecular complexity index is 671. The predicted octanol–water partition coefficient (Wildman–Crippen LogP) is 2.72. The van der Waals surface area contributed by atoms with E-state index in [0.717, 1.165) is 17.2 Å². The van der Waals surface area contributed by atoms with E-state index >= 15 is 0 Å². The molecule has 0 bridgehead atoms. The summed E-state index contributed by atoms with van der Waals surface area (Å²) in [6.07, 6.45) is -0.769. The summed E-state index contributed by atoms with van der Waals surface area (Å²) < 4.78 is 12.9. The summed E-state index contributed by atoms with van der Waals surface area (Å²) in [6, 6.07) is 5.82. The van der Waals surface area contributed by atoms with Gasteiger partial charge >= 0.3 is 0 Å². The minimum absolute atomic E-state index is 0.203. The van der Waals surface area contributed by atoms with Crippen LogP contribution in [0, 0.1) is 12.7 Å². The zero-order chi connectivity index (χ0) is 17.5. The Morgan fingerprint density at radius 1 is 1.42 bits per heavy atom. The maximum absolute atomic E-state index is 12.9. The third kappa shape index (κ3) is 5.28. The number of nitrogens with zero attached hydrogens (tertiary/aromatic N) is 3. The molecule has 0 aliphatic carbocycles. The molecule has 0 aliphatic heterocycles. The van der Waals surface area contributed by atoms with Crippen LogP contribution in [0.3, 0.4) is 0 Å². The third-order valence-corrected chi connectivity index (χ3v) is 4.25. The quantitative estimate of drug-likeness (QED) is 0.621. The van der Waals surface area contributed by atoms with Crippen molar-refractivity contribution < 1.29 is 9.50 Å². The Labute approximate surface area is 145 Å². The summed E-state index contributed by atoms with van der Waals surface area (Å²) >= 11 is 1.62. The molecule has 5 nitrogen and oxygen atoms in total. The number of halogens is 1. The molecule has 0 amide bonds. The molecule has 130 valence electrons. The lowest BCUT2D eigenvalue weighted by molar-refractivity contribution is 0.186. The van der Waals surface area contributed by atoms with E-state index in [9.17, 15) is 9.50 Å². The van der Waals surface area contributed by atoms with Crippen LogP contribution >= 0.6 is 11.3 Å². The van der Waals surface area contributed by atoms with Crippen LogP contribution < -0.4 is 5.32 Å². The van der Waals surface area contributed by atoms with E-state index in [-0.39, 0.29) is 12.4 Å². The highest BCUT2D eigenvalue weighted by Crippen LogP contribution is 2.14. The van der Waals surface area contributed by atoms with Gasteiger partial charge in [0.1, 0.15) is 5.82 Å². The predicted molar refractivity (Wildman–Crippen MR) is 95.7 cm³/mol. The molecule has 0 radical (unpaired) electrons. The van der Waals surface area contributed by atoms with Gasteiger partial charge in [0.2, 0.25) is 0 Å². The van der Waals surface area contributed by atoms with Crippen molar-refractivity contribution in [3.63, 3.8) is 0 Å². The Balaban J connectivity index is 2.02. The lowest BCUT2D eigenvalue weighted by atomic mass is 10.1. The van der Waals surface area contributed by atoms with Crippen LogP contribution in [0.25, 0.3) is 0 Å². The fourth-order valence-corrected chi connectivity index (χ4v) is 2.84. The number of aliphatic imine (C=N–C) groups is 1. The molecule has 2 rings (SSSR count). The first-order valence-electron chi connectivity index (χ1n) is 7.83. The van der Waals surface area contributed by atoms with Crippen molar-refractivity contribution in [1.82, 2.24) is 15.2 Å². The monoisotopic (exact) mass is 350 g/mol. The first-order valence-corrected chi connectivity index (χ1v) is 8.71. The van der Waals surface area contributed by atoms with Crippen LogP contribution in [0.1, 0.15) is 29.3 Å². The van der Waals surface area contributed by atoms with E-state index in [2.05, 4.69) is 15.3 Å². The molecule has 7 heteroatoms. The number of nitrogens with one attached hydrogen (secondary N) is 1. The second-order valence-electron chi connectivity index (χ2n) is 5.48. The molecule has 1 atom stereocenters. The fraction of sp³-hybridized carbons (Fsp3) is 0.412. The Morgan fingerprint density at radius 3 is 2.71 bits per heavy atom. The van der Waals surface area contributed by atoms with E-state index in [0.29, 0.717) is 18.1 Å². The van der Waals surface area contributed by atoms with Crippen molar-refractivity contribution in [2.45, 2.75) is 26.5 Å². The fourth-order valence-electron chi connectivity index (χ4n) is 2.23. The Hall–Kier alpha value is -1.99. The van der Waals surface area contributed by atoms with Gasteiger partial charge in [-0.25, -0.2) is 9.37 Å². The molecular formula is C17H23FN4OS. The van der Waals surface area contributed by atoms with Crippen molar-refractivity contribution in [2.24, 2.45) is 4.99 Å². The first-order chi connectivity index (χ1) is 11.5. The van der Waals surface area contributed by atoms with Crippen LogP contribution in [0.15, 0.2) is 34.6 Å². The minimum atomic E-state index is -0.769. The standard InChI is InChI=1S/C17H23FN4OS/c1-4-19-17(22(3)10-15-11-24-12(2)21-15)20-9-16(23)13-5-7-14(18)8-6-13/h5-8,11,16,23H,4,9-10H2,1-3H3,(H,19,20). The van der Waals surface area contributed by atoms with Gasteiger partial charge in [-0.1, -0.05) is 12.1 Å². The summed E-state index contributed by atoms with van der Waals surface area (Å²) in [5.74, 6) is 0.380. The van der Waals surface area contributed by atoms with Gasteiger partial charge in [0.25, 0.3) is 0 Å². The molecule has 1 unspecified atom stereocenters. The summed E-state index contributed by atoms with van der Waals surface area (Å²) in [5, 5.41) is 16.5. The number of rotatable bonds is 6. The van der Waals surface area contributed by atoms with E-state index < -0.39 is 6.10 Å². The maximum atomic E-state index is 12.9. The highest BCUT2D eigenvalue weighted by Gasteiger charge is 2.11. The smallest absolute Gasteiger partial charge is 0.194 e. The van der Waals surface area contributed by atoms with Crippen LogP contribution in [0.5, 0.6) is 0 Å².